The summed E-state index contributed by atoms with van der Waals surface area (Å²) in [5.41, 5.74) is 0.667. The maximum Gasteiger partial charge on any atom is 0.319 e. The van der Waals surface area contributed by atoms with Crippen molar-refractivity contribution in [2.75, 3.05) is 37.7 Å². The summed E-state index contributed by atoms with van der Waals surface area (Å²) in [5, 5.41) is 21.9. The zero-order valence-electron chi connectivity index (χ0n) is 25.4. The highest BCUT2D eigenvalue weighted by molar-refractivity contribution is 6.35. The van der Waals surface area contributed by atoms with Gasteiger partial charge >= 0.3 is 6.01 Å². The van der Waals surface area contributed by atoms with E-state index in [1.165, 1.54) is 6.07 Å². The summed E-state index contributed by atoms with van der Waals surface area (Å²) in [7, 11) is 0. The molecule has 9 nitrogen and oxygen atoms in total. The van der Waals surface area contributed by atoms with Crippen LogP contribution in [0.15, 0.2) is 42.5 Å². The fraction of sp³-hybridized carbons (Fsp3) is 0.429. The molecule has 236 valence electrons. The van der Waals surface area contributed by atoms with Crippen molar-refractivity contribution < 1.29 is 19.0 Å². The molecule has 0 spiro atoms. The first-order chi connectivity index (χ1) is 22.3. The van der Waals surface area contributed by atoms with Crippen molar-refractivity contribution in [1.82, 2.24) is 19.8 Å². The first-order valence-corrected chi connectivity index (χ1v) is 16.5. The Bertz CT molecular complexity index is 1910. The lowest BCUT2D eigenvalue weighted by atomic mass is 9.95. The van der Waals surface area contributed by atoms with E-state index in [-0.39, 0.29) is 57.8 Å². The quantitative estimate of drug-likeness (QED) is 0.272. The van der Waals surface area contributed by atoms with Gasteiger partial charge in [0.15, 0.2) is 5.82 Å². The van der Waals surface area contributed by atoms with Crippen LogP contribution >= 0.6 is 11.6 Å². The number of nitrogens with zero attached hydrogens (tertiary/aromatic N) is 6. The van der Waals surface area contributed by atoms with Gasteiger partial charge in [-0.25, -0.2) is 4.39 Å². The largest absolute Gasteiger partial charge is 0.508 e. The fourth-order valence-corrected chi connectivity index (χ4v) is 8.81. The van der Waals surface area contributed by atoms with E-state index in [0.29, 0.717) is 36.5 Å². The number of ether oxygens (including phenoxy) is 1. The van der Waals surface area contributed by atoms with Gasteiger partial charge in [0.05, 0.1) is 16.6 Å². The Morgan fingerprint density at radius 2 is 1.83 bits per heavy atom. The minimum atomic E-state index is -0.612. The van der Waals surface area contributed by atoms with Gasteiger partial charge in [0.25, 0.3) is 0 Å². The van der Waals surface area contributed by atoms with E-state index >= 15 is 4.39 Å². The second kappa shape index (κ2) is 11.2. The van der Waals surface area contributed by atoms with Crippen LogP contribution in [-0.2, 0) is 4.79 Å². The Hall–Kier alpha value is -4.20. The standard InChI is InChI=1S/C35H34ClFN6O3/c36-28-17-27-32(31(37)30(28)26-16-24(44)15-21-5-1-2-6-25(21)26)39-34(46-20-35-10-3-13-42(35)14-4-11-35)40-33(27)41-18-22-7-8-23(19-41)43(22)29(45)9-12-38/h1-2,5-6,15-17,22-23,44H,3-4,7-11,13-14,18-20H2. The number of hydrogen-bond donors (Lipinski definition) is 1. The Kier molecular flexibility index (Phi) is 7.14. The summed E-state index contributed by atoms with van der Waals surface area (Å²) >= 11 is 6.91. The van der Waals surface area contributed by atoms with Crippen LogP contribution in [0.4, 0.5) is 10.2 Å². The summed E-state index contributed by atoms with van der Waals surface area (Å²) in [5.74, 6) is -0.239. The van der Waals surface area contributed by atoms with Crippen molar-refractivity contribution in [3.05, 3.63) is 53.3 Å². The van der Waals surface area contributed by atoms with E-state index in [1.807, 2.05) is 35.2 Å². The molecule has 2 bridgehead atoms. The number of phenolic OH excluding ortho intramolecular Hbond substituents is 1. The van der Waals surface area contributed by atoms with Crippen LogP contribution in [-0.4, -0.2) is 81.2 Å². The molecule has 1 amide bonds. The predicted molar refractivity (Wildman–Crippen MR) is 173 cm³/mol. The molecule has 4 saturated heterocycles. The molecule has 8 rings (SSSR count). The highest BCUT2D eigenvalue weighted by atomic mass is 35.5. The molecule has 5 heterocycles. The van der Waals surface area contributed by atoms with Crippen LogP contribution in [0.3, 0.4) is 0 Å². The lowest BCUT2D eigenvalue weighted by Gasteiger charge is -2.41. The number of rotatable bonds is 6. The van der Waals surface area contributed by atoms with E-state index in [0.717, 1.165) is 62.4 Å². The molecular formula is C35H34ClFN6O3. The molecule has 4 aliphatic rings. The van der Waals surface area contributed by atoms with Crippen molar-refractivity contribution in [3.63, 3.8) is 0 Å². The molecule has 4 fully saturated rings. The van der Waals surface area contributed by atoms with Crippen LogP contribution in [0.2, 0.25) is 5.02 Å². The van der Waals surface area contributed by atoms with E-state index < -0.39 is 5.82 Å². The van der Waals surface area contributed by atoms with Crippen molar-refractivity contribution in [2.24, 2.45) is 0 Å². The average Bonchev–Trinajstić information content (AvgIpc) is 3.70. The average molecular weight is 641 g/mol. The molecule has 0 aliphatic carbocycles. The summed E-state index contributed by atoms with van der Waals surface area (Å²) in [6, 6.07) is 14.3. The maximum atomic E-state index is 17.0. The lowest BCUT2D eigenvalue weighted by molar-refractivity contribution is -0.133. The van der Waals surface area contributed by atoms with E-state index in [1.54, 1.807) is 12.1 Å². The molecule has 1 N–H and O–H groups in total. The minimum absolute atomic E-state index is 0.00731. The molecule has 1 aromatic heterocycles. The van der Waals surface area contributed by atoms with Gasteiger partial charge in [-0.2, -0.15) is 15.2 Å². The Morgan fingerprint density at radius 1 is 1.09 bits per heavy atom. The summed E-state index contributed by atoms with van der Waals surface area (Å²) in [6.45, 7) is 3.53. The normalized spacial score (nSPS) is 22.0. The smallest absolute Gasteiger partial charge is 0.319 e. The number of fused-ring (bicyclic) bond motifs is 5. The molecule has 0 radical (unpaired) electrons. The van der Waals surface area contributed by atoms with Crippen LogP contribution in [0.25, 0.3) is 32.8 Å². The molecule has 0 saturated carbocycles. The minimum Gasteiger partial charge on any atom is -0.508 e. The van der Waals surface area contributed by atoms with Gasteiger partial charge in [0.1, 0.15) is 30.1 Å². The number of carbonyl (C=O) groups is 1. The van der Waals surface area contributed by atoms with Crippen LogP contribution in [0, 0.1) is 17.1 Å². The van der Waals surface area contributed by atoms with E-state index in [2.05, 4.69) is 14.8 Å². The number of amides is 1. The molecular weight excluding hydrogens is 607 g/mol. The van der Waals surface area contributed by atoms with Crippen molar-refractivity contribution >= 4 is 45.0 Å². The maximum absolute atomic E-state index is 17.0. The van der Waals surface area contributed by atoms with Crippen LogP contribution in [0.1, 0.15) is 44.9 Å². The Balaban J connectivity index is 1.25. The molecule has 4 aliphatic heterocycles. The zero-order valence-corrected chi connectivity index (χ0v) is 26.1. The number of benzene rings is 3. The van der Waals surface area contributed by atoms with Crippen molar-refractivity contribution in [3.8, 4) is 29.0 Å². The molecule has 2 atom stereocenters. The van der Waals surface area contributed by atoms with Crippen molar-refractivity contribution in [1.29, 1.82) is 5.26 Å². The molecule has 4 aromatic rings. The van der Waals surface area contributed by atoms with Gasteiger partial charge in [-0.15, -0.1) is 0 Å². The monoisotopic (exact) mass is 640 g/mol. The Morgan fingerprint density at radius 3 is 2.57 bits per heavy atom. The number of nitriles is 1. The molecule has 11 heteroatoms. The highest BCUT2D eigenvalue weighted by Crippen LogP contribution is 2.44. The topological polar surface area (TPSA) is 106 Å². The van der Waals surface area contributed by atoms with Gasteiger partial charge in [0.2, 0.25) is 5.91 Å². The van der Waals surface area contributed by atoms with Crippen LogP contribution in [0.5, 0.6) is 11.8 Å². The summed E-state index contributed by atoms with van der Waals surface area (Å²) in [6.07, 6.45) is 5.86. The third-order valence-corrected chi connectivity index (χ3v) is 10.8. The second-order valence-corrected chi connectivity index (χ2v) is 13.5. The van der Waals surface area contributed by atoms with Gasteiger partial charge in [-0.3, -0.25) is 9.69 Å². The first kappa shape index (κ1) is 29.2. The summed E-state index contributed by atoms with van der Waals surface area (Å²) < 4.78 is 23.3. The highest BCUT2D eigenvalue weighted by Gasteiger charge is 2.46. The molecule has 46 heavy (non-hydrogen) atoms. The first-order valence-electron chi connectivity index (χ1n) is 16.1. The number of aromatic nitrogens is 2. The van der Waals surface area contributed by atoms with E-state index in [9.17, 15) is 9.90 Å². The number of piperazine rings is 1. The number of hydrogen-bond acceptors (Lipinski definition) is 8. The number of carbonyl (C=O) groups excluding carboxylic acids is 1. The number of halogens is 2. The summed E-state index contributed by atoms with van der Waals surface area (Å²) in [4.78, 5) is 28.8. The number of anilines is 1. The third-order valence-electron chi connectivity index (χ3n) is 10.5. The predicted octanol–water partition coefficient (Wildman–Crippen LogP) is 6.05. The number of aromatic hydroxyl groups is 1. The van der Waals surface area contributed by atoms with Gasteiger partial charge in [-0.05, 0) is 86.1 Å². The Labute approximate surface area is 271 Å². The SMILES string of the molecule is N#CCC(=O)N1C2CCC1CN(c1nc(OCC34CCCN3CCC4)nc3c(F)c(-c4cc(O)cc5ccccc45)c(Cl)cc13)C2. The van der Waals surface area contributed by atoms with Gasteiger partial charge in [-0.1, -0.05) is 35.9 Å². The van der Waals surface area contributed by atoms with Gasteiger partial charge < -0.3 is 19.6 Å². The fourth-order valence-electron chi connectivity index (χ4n) is 8.52. The van der Waals surface area contributed by atoms with Crippen LogP contribution < -0.4 is 9.64 Å². The van der Waals surface area contributed by atoms with E-state index in [4.69, 9.17) is 26.6 Å². The molecule has 2 unspecified atom stereocenters. The van der Waals surface area contributed by atoms with Crippen molar-refractivity contribution in [2.45, 2.75) is 62.6 Å². The zero-order chi connectivity index (χ0) is 31.6. The number of phenols is 1. The third kappa shape index (κ3) is 4.71. The second-order valence-electron chi connectivity index (χ2n) is 13.1. The lowest BCUT2D eigenvalue weighted by Crippen LogP contribution is -2.56. The van der Waals surface area contributed by atoms with Gasteiger partial charge in [0, 0.05) is 36.1 Å². The molecule has 3 aromatic carbocycles.